The predicted molar refractivity (Wildman–Crippen MR) is 327 cm³/mol. The third-order valence-corrected chi connectivity index (χ3v) is 15.8. The number of carbonyl (C=O) groups is 3. The molecule has 2 aliphatic rings. The van der Waals surface area contributed by atoms with Gasteiger partial charge in [-0.2, -0.15) is 5.26 Å². The summed E-state index contributed by atoms with van der Waals surface area (Å²) in [5.74, 6) is 2.16. The zero-order valence-corrected chi connectivity index (χ0v) is 49.0. The summed E-state index contributed by atoms with van der Waals surface area (Å²) in [5, 5.41) is 18.7. The molecule has 0 radical (unpaired) electrons. The standard InChI is InChI=1S/C70H82N4O8/c1-7-13-17-19-43-79-58-35-31-56(32-36-58)74(57-33-37-59(38-34-57)80-44-20-18-14-8-2)55-29-27-53(28-30-55)61-40-42-63(82-61)67-65-64(68(75)73(67)48-50(12-6)22-16-10-4)66(72(69(65)76)47-49(11-5)21-15-9-3)62-41-39-60(81-62)52-25-23-51(24-26-52)45-54(46-71)70(77)78/h23-42,45,49-50H,7-22,43-44,47-48H2,1-6H3,(H,77,78)/b54-45+. The van der Waals surface area contributed by atoms with E-state index in [1.807, 2.05) is 60.7 Å². The molecule has 12 heteroatoms. The topological polar surface area (TPSA) is 150 Å². The summed E-state index contributed by atoms with van der Waals surface area (Å²) >= 11 is 0. The van der Waals surface area contributed by atoms with Gasteiger partial charge in [0.05, 0.1) is 24.4 Å². The number of unbranched alkanes of at least 4 members (excludes halogenated alkanes) is 8. The van der Waals surface area contributed by atoms with Gasteiger partial charge in [0.25, 0.3) is 11.8 Å². The number of rotatable bonds is 33. The van der Waals surface area contributed by atoms with Gasteiger partial charge in [-0.3, -0.25) is 9.59 Å². The van der Waals surface area contributed by atoms with Crippen LogP contribution in [0, 0.1) is 23.2 Å². The maximum atomic E-state index is 15.5. The third-order valence-electron chi connectivity index (χ3n) is 15.8. The molecule has 0 bridgehead atoms. The number of hydrogen-bond donors (Lipinski definition) is 1. The van der Waals surface area contributed by atoms with Crippen LogP contribution in [0.5, 0.6) is 11.5 Å². The number of nitrogens with zero attached hydrogens (tertiary/aromatic N) is 4. The van der Waals surface area contributed by atoms with E-state index in [4.69, 9.17) is 18.3 Å². The van der Waals surface area contributed by atoms with Crippen LogP contribution in [0.15, 0.2) is 147 Å². The molecule has 82 heavy (non-hydrogen) atoms. The first-order chi connectivity index (χ1) is 40.0. The minimum Gasteiger partial charge on any atom is -0.494 e. The lowest BCUT2D eigenvalue weighted by Crippen LogP contribution is -2.34. The van der Waals surface area contributed by atoms with Crippen molar-refractivity contribution in [2.24, 2.45) is 11.8 Å². The zero-order chi connectivity index (χ0) is 58.0. The van der Waals surface area contributed by atoms with Crippen LogP contribution in [0.25, 0.3) is 40.1 Å². The van der Waals surface area contributed by atoms with Gasteiger partial charge in [-0.1, -0.05) is 143 Å². The number of furan rings is 2. The van der Waals surface area contributed by atoms with Crippen molar-refractivity contribution in [2.75, 3.05) is 31.2 Å². The van der Waals surface area contributed by atoms with Crippen molar-refractivity contribution < 1.29 is 37.8 Å². The summed E-state index contributed by atoms with van der Waals surface area (Å²) in [6, 6.07) is 41.0. The van der Waals surface area contributed by atoms with Crippen LogP contribution >= 0.6 is 0 Å². The number of carbonyl (C=O) groups excluding carboxylic acids is 2. The molecule has 4 aromatic carbocycles. The lowest BCUT2D eigenvalue weighted by atomic mass is 9.98. The Morgan fingerprint density at radius 2 is 0.927 bits per heavy atom. The molecular weight excluding hydrogens is 1020 g/mol. The number of carboxylic acid groups (broad SMARTS) is 1. The molecule has 2 unspecified atom stereocenters. The second-order valence-electron chi connectivity index (χ2n) is 21.7. The van der Waals surface area contributed by atoms with Crippen LogP contribution in [0.4, 0.5) is 17.1 Å². The molecule has 0 spiro atoms. The number of carboxylic acids is 1. The molecule has 0 fully saturated rings. The van der Waals surface area contributed by atoms with Gasteiger partial charge in [0.2, 0.25) is 0 Å². The highest BCUT2D eigenvalue weighted by Gasteiger charge is 2.51. The Kier molecular flexibility index (Phi) is 21.7. The van der Waals surface area contributed by atoms with E-state index in [2.05, 4.69) is 82.8 Å². The summed E-state index contributed by atoms with van der Waals surface area (Å²) in [6.45, 7) is 15.3. The fourth-order valence-corrected chi connectivity index (χ4v) is 10.9. The largest absolute Gasteiger partial charge is 0.494 e. The van der Waals surface area contributed by atoms with Crippen molar-refractivity contribution in [3.8, 4) is 40.2 Å². The van der Waals surface area contributed by atoms with E-state index in [1.54, 1.807) is 40.1 Å². The van der Waals surface area contributed by atoms with Crippen LogP contribution in [0.1, 0.15) is 161 Å². The summed E-state index contributed by atoms with van der Waals surface area (Å²) < 4.78 is 25.8. The Labute approximate surface area is 485 Å². The Hall–Kier alpha value is -8.04. The normalized spacial score (nSPS) is 14.2. The van der Waals surface area contributed by atoms with Crippen LogP contribution in [-0.2, 0) is 14.4 Å². The fraction of sp³-hybridized carbons (Fsp3) is 0.400. The molecule has 6 aromatic rings. The third kappa shape index (κ3) is 14.5. The molecule has 2 amide bonds. The molecule has 12 nitrogen and oxygen atoms in total. The quantitative estimate of drug-likeness (QED) is 0.0240. The minimum absolute atomic E-state index is 0.178. The van der Waals surface area contributed by atoms with Gasteiger partial charge in [0.1, 0.15) is 46.1 Å². The highest BCUT2D eigenvalue weighted by Crippen LogP contribution is 2.49. The maximum absolute atomic E-state index is 15.5. The predicted octanol–water partition coefficient (Wildman–Crippen LogP) is 17.8. The van der Waals surface area contributed by atoms with Crippen LogP contribution in [-0.4, -0.2) is 59.0 Å². The first kappa shape index (κ1) is 60.1. The van der Waals surface area contributed by atoms with E-state index in [9.17, 15) is 15.2 Å². The Morgan fingerprint density at radius 1 is 0.537 bits per heavy atom. The molecule has 0 saturated heterocycles. The van der Waals surface area contributed by atoms with Gasteiger partial charge in [0.15, 0.2) is 11.5 Å². The number of nitriles is 1. The van der Waals surface area contributed by atoms with Gasteiger partial charge in [-0.15, -0.1) is 0 Å². The second-order valence-corrected chi connectivity index (χ2v) is 21.7. The van der Waals surface area contributed by atoms with Crippen LogP contribution in [0.3, 0.4) is 0 Å². The van der Waals surface area contributed by atoms with Gasteiger partial charge in [-0.05, 0) is 146 Å². The Morgan fingerprint density at radius 3 is 1.30 bits per heavy atom. The Bertz CT molecular complexity index is 3150. The molecule has 430 valence electrons. The zero-order valence-electron chi connectivity index (χ0n) is 49.0. The van der Waals surface area contributed by atoms with Crippen molar-refractivity contribution in [1.82, 2.24) is 9.80 Å². The average molecular weight is 1110 g/mol. The molecule has 2 aliphatic heterocycles. The van der Waals surface area contributed by atoms with E-state index in [0.717, 1.165) is 111 Å². The SMILES string of the molecule is CCCCCCOc1ccc(N(c2ccc(OCCCCCC)cc2)c2ccc(-c3ccc(C4=C5C(=O)N(CC(CC)CCCC)C(c6ccc(-c7ccc(/C=C(\C#N)C(=O)O)cc7)o6)=C5C(=O)N4CC(CC)CCCC)o3)cc2)cc1. The van der Waals surface area contributed by atoms with Crippen LogP contribution < -0.4 is 14.4 Å². The molecule has 4 heterocycles. The van der Waals surface area contributed by atoms with Crippen molar-refractivity contribution in [3.05, 3.63) is 155 Å². The number of amides is 2. The van der Waals surface area contributed by atoms with Crippen molar-refractivity contribution in [2.45, 2.75) is 144 Å². The van der Waals surface area contributed by atoms with Gasteiger partial charge in [0, 0.05) is 41.3 Å². The van der Waals surface area contributed by atoms with Crippen molar-refractivity contribution in [1.29, 1.82) is 5.26 Å². The average Bonchev–Trinajstić information content (AvgIpc) is 2.11. The minimum atomic E-state index is -1.30. The highest BCUT2D eigenvalue weighted by atomic mass is 16.5. The first-order valence-corrected chi connectivity index (χ1v) is 30.2. The lowest BCUT2D eigenvalue weighted by Gasteiger charge is -2.28. The van der Waals surface area contributed by atoms with E-state index in [0.29, 0.717) is 83.0 Å². The number of hydrogen-bond acceptors (Lipinski definition) is 9. The number of ether oxygens (including phenoxy) is 2. The van der Waals surface area contributed by atoms with Gasteiger partial charge >= 0.3 is 5.97 Å². The number of aliphatic carboxylic acids is 1. The lowest BCUT2D eigenvalue weighted by molar-refractivity contribution is -0.132. The summed E-state index contributed by atoms with van der Waals surface area (Å²) in [4.78, 5) is 48.2. The van der Waals surface area contributed by atoms with Crippen molar-refractivity contribution in [3.63, 3.8) is 0 Å². The van der Waals surface area contributed by atoms with E-state index < -0.39 is 5.97 Å². The molecule has 8 rings (SSSR count). The smallest absolute Gasteiger partial charge is 0.346 e. The second kappa shape index (κ2) is 29.6. The fourth-order valence-electron chi connectivity index (χ4n) is 10.9. The van der Waals surface area contributed by atoms with Gasteiger partial charge < -0.3 is 38.1 Å². The van der Waals surface area contributed by atoms with E-state index in [1.165, 1.54) is 31.8 Å². The number of fused-ring (bicyclic) bond motifs is 1. The Balaban J connectivity index is 1.16. The highest BCUT2D eigenvalue weighted by molar-refractivity contribution is 6.30. The molecule has 2 atom stereocenters. The molecule has 2 aromatic heterocycles. The number of anilines is 3. The van der Waals surface area contributed by atoms with E-state index >= 15 is 9.59 Å². The van der Waals surface area contributed by atoms with Gasteiger partial charge in [-0.25, -0.2) is 4.79 Å². The van der Waals surface area contributed by atoms with E-state index in [-0.39, 0.29) is 29.2 Å². The molecule has 0 saturated carbocycles. The summed E-state index contributed by atoms with van der Waals surface area (Å²) in [6.07, 6.45) is 18.1. The number of benzene rings is 4. The molecule has 1 N–H and O–H groups in total. The van der Waals surface area contributed by atoms with Crippen molar-refractivity contribution >= 4 is 52.3 Å². The van der Waals surface area contributed by atoms with Crippen LogP contribution in [0.2, 0.25) is 0 Å². The molecular formula is C70H82N4O8. The monoisotopic (exact) mass is 1110 g/mol. The molecule has 0 aliphatic carbocycles. The summed E-state index contributed by atoms with van der Waals surface area (Å²) in [7, 11) is 0. The summed E-state index contributed by atoms with van der Waals surface area (Å²) in [5.41, 5.74) is 6.17. The maximum Gasteiger partial charge on any atom is 0.346 e. The first-order valence-electron chi connectivity index (χ1n) is 30.2.